The lowest BCUT2D eigenvalue weighted by molar-refractivity contribution is -0.148. The number of carbonyl (C=O) groups excluding carboxylic acids is 1. The Morgan fingerprint density at radius 1 is 1.38 bits per heavy atom. The fraction of sp³-hybridized carbons (Fsp3) is 0.833. The molecule has 0 N–H and O–H groups in total. The second-order valence-electron chi connectivity index (χ2n) is 4.64. The molecule has 0 aromatic heterocycles. The maximum absolute atomic E-state index is 12.1. The summed E-state index contributed by atoms with van der Waals surface area (Å²) in [6.45, 7) is 3.16. The van der Waals surface area contributed by atoms with Crippen LogP contribution in [0, 0.1) is 11.3 Å². The number of rotatable bonds is 8. The zero-order chi connectivity index (χ0) is 16.7. The number of hydrogen-bond acceptors (Lipinski definition) is 5. The van der Waals surface area contributed by atoms with Crippen LogP contribution in [-0.2, 0) is 19.4 Å². The quantitative estimate of drug-likeness (QED) is 0.638. The van der Waals surface area contributed by atoms with Crippen LogP contribution >= 0.6 is 0 Å². The van der Waals surface area contributed by atoms with E-state index in [0.29, 0.717) is 6.42 Å². The van der Waals surface area contributed by atoms with Crippen molar-refractivity contribution in [3.8, 4) is 6.07 Å². The largest absolute Gasteiger partial charge is 0.463 e. The highest BCUT2D eigenvalue weighted by Gasteiger charge is 2.34. The fourth-order valence-corrected chi connectivity index (χ4v) is 3.04. The molecule has 0 saturated heterocycles. The number of halogens is 3. The van der Waals surface area contributed by atoms with Crippen LogP contribution in [0.5, 0.6) is 0 Å². The first kappa shape index (κ1) is 19.7. The van der Waals surface area contributed by atoms with Gasteiger partial charge in [0.2, 0.25) is 0 Å². The standard InChI is InChI=1S/C12H18F3NO4S/c1-3-4-11(17)20-9(2)7-10(8-16)21(18,19)6-5-12(13,14)15/h9-10H,3-7H2,1-2H3. The van der Waals surface area contributed by atoms with Gasteiger partial charge in [-0.1, -0.05) is 6.92 Å². The molecule has 9 heteroatoms. The van der Waals surface area contributed by atoms with Gasteiger partial charge in [0.1, 0.15) is 6.10 Å². The van der Waals surface area contributed by atoms with Crippen LogP contribution in [0.4, 0.5) is 13.2 Å². The van der Waals surface area contributed by atoms with E-state index in [4.69, 9.17) is 10.00 Å². The number of hydrogen-bond donors (Lipinski definition) is 0. The highest BCUT2D eigenvalue weighted by molar-refractivity contribution is 7.92. The maximum atomic E-state index is 12.1. The predicted molar refractivity (Wildman–Crippen MR) is 68.9 cm³/mol. The molecule has 0 aliphatic rings. The molecule has 2 unspecified atom stereocenters. The highest BCUT2D eigenvalue weighted by atomic mass is 32.2. The summed E-state index contributed by atoms with van der Waals surface area (Å²) in [5.74, 6) is -1.68. The first-order valence-corrected chi connectivity index (χ1v) is 8.10. The van der Waals surface area contributed by atoms with Crippen molar-refractivity contribution < 1.29 is 31.1 Å². The number of carbonyl (C=O) groups is 1. The molecule has 0 amide bonds. The Kier molecular flexibility index (Phi) is 7.71. The van der Waals surface area contributed by atoms with E-state index in [9.17, 15) is 26.4 Å². The fourth-order valence-electron chi connectivity index (χ4n) is 1.52. The second kappa shape index (κ2) is 8.22. The summed E-state index contributed by atoms with van der Waals surface area (Å²) in [4.78, 5) is 11.2. The average molecular weight is 329 g/mol. The van der Waals surface area contributed by atoms with Crippen molar-refractivity contribution in [1.29, 1.82) is 5.26 Å². The maximum Gasteiger partial charge on any atom is 0.390 e. The van der Waals surface area contributed by atoms with Gasteiger partial charge in [-0.15, -0.1) is 0 Å². The van der Waals surface area contributed by atoms with Crippen LogP contribution in [0.25, 0.3) is 0 Å². The monoisotopic (exact) mass is 329 g/mol. The van der Waals surface area contributed by atoms with Gasteiger partial charge in [0.05, 0.1) is 18.2 Å². The first-order chi connectivity index (χ1) is 9.51. The minimum atomic E-state index is -4.60. The van der Waals surface area contributed by atoms with Crippen LogP contribution in [0.2, 0.25) is 0 Å². The van der Waals surface area contributed by atoms with E-state index in [1.807, 2.05) is 0 Å². The Balaban J connectivity index is 4.63. The molecule has 0 fully saturated rings. The molecule has 0 heterocycles. The molecule has 0 aromatic carbocycles. The van der Waals surface area contributed by atoms with E-state index < -0.39 is 45.5 Å². The number of sulfone groups is 1. The van der Waals surface area contributed by atoms with Crippen LogP contribution in [-0.4, -0.2) is 37.7 Å². The normalized spacial score (nSPS) is 15.0. The van der Waals surface area contributed by atoms with Crippen molar-refractivity contribution in [1.82, 2.24) is 0 Å². The van der Waals surface area contributed by atoms with Gasteiger partial charge in [-0.05, 0) is 13.3 Å². The zero-order valence-corrected chi connectivity index (χ0v) is 12.6. The Morgan fingerprint density at radius 3 is 2.38 bits per heavy atom. The predicted octanol–water partition coefficient (Wildman–Crippen LogP) is 2.37. The lowest BCUT2D eigenvalue weighted by Gasteiger charge is -2.17. The molecule has 2 atom stereocenters. The zero-order valence-electron chi connectivity index (χ0n) is 11.8. The van der Waals surface area contributed by atoms with Crippen molar-refractivity contribution in [2.75, 3.05) is 5.75 Å². The summed E-state index contributed by atoms with van der Waals surface area (Å²) in [7, 11) is -4.22. The van der Waals surface area contributed by atoms with Gasteiger partial charge in [-0.3, -0.25) is 4.79 Å². The molecule has 122 valence electrons. The summed E-state index contributed by atoms with van der Waals surface area (Å²) < 4.78 is 64.4. The lowest BCUT2D eigenvalue weighted by Crippen LogP contribution is -2.30. The van der Waals surface area contributed by atoms with Crippen molar-refractivity contribution in [3.63, 3.8) is 0 Å². The van der Waals surface area contributed by atoms with E-state index in [1.165, 1.54) is 13.0 Å². The molecule has 0 bridgehead atoms. The number of alkyl halides is 3. The van der Waals surface area contributed by atoms with Gasteiger partial charge >= 0.3 is 12.1 Å². The van der Waals surface area contributed by atoms with Crippen LogP contribution in [0.15, 0.2) is 0 Å². The van der Waals surface area contributed by atoms with E-state index in [1.54, 1.807) is 6.92 Å². The summed E-state index contributed by atoms with van der Waals surface area (Å²) >= 11 is 0. The SMILES string of the molecule is CCCC(=O)OC(C)CC(C#N)S(=O)(=O)CCC(F)(F)F. The number of ether oxygens (including phenoxy) is 1. The Morgan fingerprint density at radius 2 is 1.95 bits per heavy atom. The smallest absolute Gasteiger partial charge is 0.390 e. The number of esters is 1. The summed E-state index contributed by atoms with van der Waals surface area (Å²) in [5, 5.41) is 7.21. The Hall–Kier alpha value is -1.30. The molecule has 5 nitrogen and oxygen atoms in total. The molecule has 21 heavy (non-hydrogen) atoms. The van der Waals surface area contributed by atoms with E-state index in [0.717, 1.165) is 0 Å². The number of nitriles is 1. The van der Waals surface area contributed by atoms with Gasteiger partial charge < -0.3 is 4.74 Å². The third-order valence-electron chi connectivity index (χ3n) is 2.58. The Bertz CT molecular complexity index is 482. The second-order valence-corrected chi connectivity index (χ2v) is 6.94. The van der Waals surface area contributed by atoms with E-state index >= 15 is 0 Å². The molecule has 0 aliphatic heterocycles. The summed E-state index contributed by atoms with van der Waals surface area (Å²) in [5.41, 5.74) is 0. The third kappa shape index (κ3) is 8.55. The van der Waals surface area contributed by atoms with Crippen molar-refractivity contribution in [3.05, 3.63) is 0 Å². The molecular weight excluding hydrogens is 311 g/mol. The van der Waals surface area contributed by atoms with Gasteiger partial charge in [0.15, 0.2) is 15.1 Å². The van der Waals surface area contributed by atoms with Crippen LogP contribution in [0.1, 0.15) is 39.5 Å². The molecule has 0 radical (unpaired) electrons. The molecule has 0 spiro atoms. The minimum Gasteiger partial charge on any atom is -0.463 e. The average Bonchev–Trinajstić information content (AvgIpc) is 2.33. The number of nitrogens with zero attached hydrogens (tertiary/aromatic N) is 1. The van der Waals surface area contributed by atoms with E-state index in [-0.39, 0.29) is 12.8 Å². The minimum absolute atomic E-state index is 0.155. The lowest BCUT2D eigenvalue weighted by atomic mass is 10.2. The molecule has 0 aromatic rings. The molecular formula is C12H18F3NO4S. The van der Waals surface area contributed by atoms with Crippen LogP contribution < -0.4 is 0 Å². The topological polar surface area (TPSA) is 84.2 Å². The van der Waals surface area contributed by atoms with Crippen molar-refractivity contribution in [2.24, 2.45) is 0 Å². The van der Waals surface area contributed by atoms with Gasteiger partial charge in [-0.25, -0.2) is 8.42 Å². The highest BCUT2D eigenvalue weighted by Crippen LogP contribution is 2.22. The van der Waals surface area contributed by atoms with Crippen LogP contribution in [0.3, 0.4) is 0 Å². The molecule has 0 aliphatic carbocycles. The van der Waals surface area contributed by atoms with Crippen molar-refractivity contribution in [2.45, 2.75) is 57.1 Å². The molecule has 0 saturated carbocycles. The third-order valence-corrected chi connectivity index (χ3v) is 4.52. The van der Waals surface area contributed by atoms with Gasteiger partial charge in [-0.2, -0.15) is 18.4 Å². The van der Waals surface area contributed by atoms with E-state index in [2.05, 4.69) is 0 Å². The summed E-state index contributed by atoms with van der Waals surface area (Å²) in [6.07, 6.45) is -6.59. The van der Waals surface area contributed by atoms with Gasteiger partial charge in [0.25, 0.3) is 0 Å². The first-order valence-electron chi connectivity index (χ1n) is 6.39. The van der Waals surface area contributed by atoms with Gasteiger partial charge in [0, 0.05) is 12.8 Å². The Labute approximate surface area is 122 Å². The van der Waals surface area contributed by atoms with Crippen molar-refractivity contribution >= 4 is 15.8 Å². The molecule has 0 rings (SSSR count). The summed E-state index contributed by atoms with van der Waals surface area (Å²) in [6, 6.07) is 1.47.